The molecule has 1 amide bonds. The van der Waals surface area contributed by atoms with E-state index in [2.05, 4.69) is 0 Å². The van der Waals surface area contributed by atoms with Crippen molar-refractivity contribution in [2.45, 2.75) is 13.3 Å². The Morgan fingerprint density at radius 3 is 2.57 bits per heavy atom. The molecule has 0 aliphatic heterocycles. The van der Waals surface area contributed by atoms with Crippen LogP contribution in [0.1, 0.15) is 12.5 Å². The van der Waals surface area contributed by atoms with E-state index in [1.54, 1.807) is 24.3 Å². The molecular weight excluding hydrogens is 274 g/mol. The van der Waals surface area contributed by atoms with Crippen LogP contribution in [0.15, 0.2) is 42.5 Å². The van der Waals surface area contributed by atoms with Gasteiger partial charge in [0.15, 0.2) is 11.6 Å². The fourth-order valence-electron chi connectivity index (χ4n) is 2.14. The molecule has 0 saturated carbocycles. The van der Waals surface area contributed by atoms with Crippen LogP contribution in [0.5, 0.6) is 0 Å². The summed E-state index contributed by atoms with van der Waals surface area (Å²) in [4.78, 5) is 13.8. The Labute approximate surface area is 122 Å². The quantitative estimate of drug-likeness (QED) is 0.879. The molecule has 2 aromatic carbocycles. The molecule has 0 aromatic heterocycles. The van der Waals surface area contributed by atoms with Crippen molar-refractivity contribution in [3.8, 4) is 0 Å². The molecule has 2 rings (SSSR count). The molecule has 5 heteroatoms. The van der Waals surface area contributed by atoms with Gasteiger partial charge in [-0.15, -0.1) is 0 Å². The van der Waals surface area contributed by atoms with E-state index in [1.807, 2.05) is 6.92 Å². The van der Waals surface area contributed by atoms with E-state index in [-0.39, 0.29) is 17.9 Å². The van der Waals surface area contributed by atoms with Crippen LogP contribution in [0.3, 0.4) is 0 Å². The molecule has 0 aliphatic rings. The van der Waals surface area contributed by atoms with Crippen LogP contribution < -0.4 is 10.6 Å². The van der Waals surface area contributed by atoms with Gasteiger partial charge in [0.25, 0.3) is 0 Å². The fourth-order valence-corrected chi connectivity index (χ4v) is 2.14. The number of amides is 1. The predicted molar refractivity (Wildman–Crippen MR) is 78.9 cm³/mol. The van der Waals surface area contributed by atoms with Gasteiger partial charge < -0.3 is 10.6 Å². The molecule has 0 saturated heterocycles. The third-order valence-electron chi connectivity index (χ3n) is 3.17. The van der Waals surface area contributed by atoms with Crippen molar-refractivity contribution in [1.29, 1.82) is 0 Å². The standard InChI is InChI=1S/C16H16F2N2O/c1-2-20(13-7-4-6-12(19)10-13)15(21)9-11-5-3-8-14(17)16(11)18/h3-8,10H,2,9,19H2,1H3. The van der Waals surface area contributed by atoms with Gasteiger partial charge in [0.1, 0.15) is 0 Å². The Balaban J connectivity index is 2.23. The number of halogens is 2. The van der Waals surface area contributed by atoms with Gasteiger partial charge in [0.05, 0.1) is 6.42 Å². The van der Waals surface area contributed by atoms with Gasteiger partial charge in [-0.05, 0) is 31.2 Å². The molecule has 0 atom stereocenters. The summed E-state index contributed by atoms with van der Waals surface area (Å²) >= 11 is 0. The second-order valence-electron chi connectivity index (χ2n) is 4.62. The largest absolute Gasteiger partial charge is 0.399 e. The van der Waals surface area contributed by atoms with Crippen LogP contribution in [0, 0.1) is 11.6 Å². The first kappa shape index (κ1) is 15.0. The minimum absolute atomic E-state index is 0.0438. The number of likely N-dealkylation sites (N-methyl/N-ethyl adjacent to an activating group) is 1. The lowest BCUT2D eigenvalue weighted by Crippen LogP contribution is -2.32. The van der Waals surface area contributed by atoms with Gasteiger partial charge in [-0.2, -0.15) is 0 Å². The SMILES string of the molecule is CCN(C(=O)Cc1cccc(F)c1F)c1cccc(N)c1. The average Bonchev–Trinajstić information content (AvgIpc) is 2.45. The maximum atomic E-state index is 13.6. The summed E-state index contributed by atoms with van der Waals surface area (Å²) in [5.41, 5.74) is 6.92. The van der Waals surface area contributed by atoms with Gasteiger partial charge in [0, 0.05) is 23.5 Å². The monoisotopic (exact) mass is 290 g/mol. The van der Waals surface area contributed by atoms with E-state index >= 15 is 0 Å². The molecule has 110 valence electrons. The molecule has 2 N–H and O–H groups in total. The normalized spacial score (nSPS) is 10.4. The second-order valence-corrected chi connectivity index (χ2v) is 4.62. The van der Waals surface area contributed by atoms with Gasteiger partial charge in [-0.25, -0.2) is 8.78 Å². The minimum atomic E-state index is -0.977. The number of nitrogen functional groups attached to an aromatic ring is 1. The van der Waals surface area contributed by atoms with Gasteiger partial charge >= 0.3 is 0 Å². The lowest BCUT2D eigenvalue weighted by atomic mass is 10.1. The molecule has 0 aliphatic carbocycles. The van der Waals surface area contributed by atoms with E-state index in [4.69, 9.17) is 5.73 Å². The van der Waals surface area contributed by atoms with Crippen molar-refractivity contribution < 1.29 is 13.6 Å². The molecule has 3 nitrogen and oxygen atoms in total. The molecule has 2 aromatic rings. The molecule has 0 unspecified atom stereocenters. The van der Waals surface area contributed by atoms with E-state index in [0.29, 0.717) is 17.9 Å². The van der Waals surface area contributed by atoms with Crippen molar-refractivity contribution in [1.82, 2.24) is 0 Å². The number of nitrogens with zero attached hydrogens (tertiary/aromatic N) is 1. The lowest BCUT2D eigenvalue weighted by molar-refractivity contribution is -0.118. The Morgan fingerprint density at radius 2 is 1.90 bits per heavy atom. The maximum absolute atomic E-state index is 13.6. The summed E-state index contributed by atoms with van der Waals surface area (Å²) in [6.07, 6.45) is -0.202. The fraction of sp³-hybridized carbons (Fsp3) is 0.188. The molecule has 0 heterocycles. The maximum Gasteiger partial charge on any atom is 0.231 e. The third kappa shape index (κ3) is 3.37. The Bertz CT molecular complexity index is 658. The van der Waals surface area contributed by atoms with Crippen molar-refractivity contribution in [3.05, 3.63) is 59.7 Å². The number of nitrogens with two attached hydrogens (primary N) is 1. The number of carbonyl (C=O) groups is 1. The van der Waals surface area contributed by atoms with Crippen LogP contribution in [0.25, 0.3) is 0 Å². The average molecular weight is 290 g/mol. The number of rotatable bonds is 4. The van der Waals surface area contributed by atoms with Crippen molar-refractivity contribution in [2.24, 2.45) is 0 Å². The van der Waals surface area contributed by atoms with Gasteiger partial charge in [-0.3, -0.25) is 4.79 Å². The van der Waals surface area contributed by atoms with Crippen LogP contribution in [-0.4, -0.2) is 12.5 Å². The first-order valence-corrected chi connectivity index (χ1v) is 6.61. The predicted octanol–water partition coefficient (Wildman–Crippen LogP) is 3.14. The second kappa shape index (κ2) is 6.35. The summed E-state index contributed by atoms with van der Waals surface area (Å²) < 4.78 is 26.8. The molecule has 0 fully saturated rings. The highest BCUT2D eigenvalue weighted by atomic mass is 19.2. The highest BCUT2D eigenvalue weighted by Gasteiger charge is 2.17. The highest BCUT2D eigenvalue weighted by Crippen LogP contribution is 2.19. The van der Waals surface area contributed by atoms with Crippen molar-refractivity contribution in [3.63, 3.8) is 0 Å². The molecule has 0 radical (unpaired) electrons. The van der Waals surface area contributed by atoms with Crippen molar-refractivity contribution >= 4 is 17.3 Å². The van der Waals surface area contributed by atoms with Crippen LogP contribution in [-0.2, 0) is 11.2 Å². The zero-order valence-corrected chi connectivity index (χ0v) is 11.6. The topological polar surface area (TPSA) is 46.3 Å². The summed E-state index contributed by atoms with van der Waals surface area (Å²) in [7, 11) is 0. The van der Waals surface area contributed by atoms with Crippen molar-refractivity contribution in [2.75, 3.05) is 17.2 Å². The molecule has 0 bridgehead atoms. The summed E-state index contributed by atoms with van der Waals surface area (Å²) in [5, 5.41) is 0. The van der Waals surface area contributed by atoms with E-state index in [1.165, 1.54) is 17.0 Å². The van der Waals surface area contributed by atoms with Crippen LogP contribution in [0.2, 0.25) is 0 Å². The zero-order chi connectivity index (χ0) is 15.4. The molecule has 21 heavy (non-hydrogen) atoms. The van der Waals surface area contributed by atoms with E-state index < -0.39 is 11.6 Å². The number of hydrogen-bond acceptors (Lipinski definition) is 2. The van der Waals surface area contributed by atoms with Crippen LogP contribution in [0.4, 0.5) is 20.2 Å². The first-order valence-electron chi connectivity index (χ1n) is 6.61. The number of benzene rings is 2. The minimum Gasteiger partial charge on any atom is -0.399 e. The van der Waals surface area contributed by atoms with Crippen LogP contribution >= 0.6 is 0 Å². The highest BCUT2D eigenvalue weighted by molar-refractivity contribution is 5.95. The summed E-state index contributed by atoms with van der Waals surface area (Å²) in [6, 6.07) is 10.7. The third-order valence-corrected chi connectivity index (χ3v) is 3.17. The Morgan fingerprint density at radius 1 is 1.19 bits per heavy atom. The smallest absolute Gasteiger partial charge is 0.231 e. The lowest BCUT2D eigenvalue weighted by Gasteiger charge is -2.21. The molecular formula is C16H16F2N2O. The summed E-state index contributed by atoms with van der Waals surface area (Å²) in [5.74, 6) is -2.24. The summed E-state index contributed by atoms with van der Waals surface area (Å²) in [6.45, 7) is 2.22. The zero-order valence-electron chi connectivity index (χ0n) is 11.6. The van der Waals surface area contributed by atoms with E-state index in [0.717, 1.165) is 6.07 Å². The number of carbonyl (C=O) groups excluding carboxylic acids is 1. The Hall–Kier alpha value is -2.43. The van der Waals surface area contributed by atoms with Gasteiger partial charge in [0.2, 0.25) is 5.91 Å². The molecule has 0 spiro atoms. The first-order chi connectivity index (χ1) is 10.0. The Kier molecular flexibility index (Phi) is 4.52. The number of anilines is 2. The van der Waals surface area contributed by atoms with E-state index in [9.17, 15) is 13.6 Å². The van der Waals surface area contributed by atoms with Gasteiger partial charge in [-0.1, -0.05) is 18.2 Å². The number of hydrogen-bond donors (Lipinski definition) is 1.